The van der Waals surface area contributed by atoms with Crippen LogP contribution in [0.4, 0.5) is 5.69 Å². The van der Waals surface area contributed by atoms with E-state index in [0.29, 0.717) is 6.04 Å². The third-order valence-electron chi connectivity index (χ3n) is 3.55. The molecular formula is C19H26N2. The molecule has 1 N–H and O–H groups in total. The maximum atomic E-state index is 3.61. The molecule has 0 bridgehead atoms. The van der Waals surface area contributed by atoms with E-state index in [4.69, 9.17) is 0 Å². The Morgan fingerprint density at radius 1 is 0.952 bits per heavy atom. The lowest BCUT2D eigenvalue weighted by Crippen LogP contribution is -2.16. The minimum absolute atomic E-state index is 0.472. The van der Waals surface area contributed by atoms with Crippen LogP contribution in [0.5, 0.6) is 0 Å². The summed E-state index contributed by atoms with van der Waals surface area (Å²) in [5.41, 5.74) is 3.97. The van der Waals surface area contributed by atoms with E-state index in [0.717, 1.165) is 19.4 Å². The number of aryl methyl sites for hydroxylation is 1. The predicted octanol–water partition coefficient (Wildman–Crippen LogP) is 4.18. The second-order valence-corrected chi connectivity index (χ2v) is 6.01. The fourth-order valence-electron chi connectivity index (χ4n) is 2.51. The highest BCUT2D eigenvalue weighted by Crippen LogP contribution is 2.15. The van der Waals surface area contributed by atoms with Gasteiger partial charge in [-0.25, -0.2) is 0 Å². The van der Waals surface area contributed by atoms with E-state index in [-0.39, 0.29) is 0 Å². The Morgan fingerprint density at radius 3 is 2.38 bits per heavy atom. The van der Waals surface area contributed by atoms with E-state index < -0.39 is 0 Å². The molecule has 0 saturated carbocycles. The van der Waals surface area contributed by atoms with E-state index in [2.05, 4.69) is 85.8 Å². The molecule has 0 amide bonds. The molecule has 2 aromatic carbocycles. The zero-order valence-electron chi connectivity index (χ0n) is 13.3. The van der Waals surface area contributed by atoms with Gasteiger partial charge in [-0.2, -0.15) is 0 Å². The average Bonchev–Trinajstić information content (AvgIpc) is 2.46. The van der Waals surface area contributed by atoms with Gasteiger partial charge in [-0.15, -0.1) is 0 Å². The summed E-state index contributed by atoms with van der Waals surface area (Å²) in [6, 6.07) is 19.9. The summed E-state index contributed by atoms with van der Waals surface area (Å²) in [6.45, 7) is 3.23. The van der Waals surface area contributed by atoms with Crippen LogP contribution >= 0.6 is 0 Å². The van der Waals surface area contributed by atoms with Crippen molar-refractivity contribution in [2.45, 2.75) is 32.4 Å². The van der Waals surface area contributed by atoms with Gasteiger partial charge in [-0.1, -0.05) is 42.5 Å². The van der Waals surface area contributed by atoms with Gasteiger partial charge >= 0.3 is 0 Å². The molecule has 0 fully saturated rings. The van der Waals surface area contributed by atoms with Gasteiger partial charge in [-0.05, 0) is 57.1 Å². The van der Waals surface area contributed by atoms with Crippen LogP contribution in [0.2, 0.25) is 0 Å². The van der Waals surface area contributed by atoms with Crippen molar-refractivity contribution in [2.24, 2.45) is 0 Å². The van der Waals surface area contributed by atoms with Crippen molar-refractivity contribution in [1.29, 1.82) is 0 Å². The lowest BCUT2D eigenvalue weighted by molar-refractivity contribution is 0.402. The van der Waals surface area contributed by atoms with Crippen LogP contribution in [0.25, 0.3) is 0 Å². The van der Waals surface area contributed by atoms with Gasteiger partial charge in [0.15, 0.2) is 0 Å². The van der Waals surface area contributed by atoms with Crippen LogP contribution in [0.15, 0.2) is 54.6 Å². The number of hydrogen-bond acceptors (Lipinski definition) is 2. The van der Waals surface area contributed by atoms with Crippen LogP contribution in [0, 0.1) is 0 Å². The fourth-order valence-corrected chi connectivity index (χ4v) is 2.51. The van der Waals surface area contributed by atoms with Gasteiger partial charge in [0.1, 0.15) is 0 Å². The normalized spacial score (nSPS) is 12.4. The number of hydrogen-bond donors (Lipinski definition) is 1. The molecule has 2 nitrogen and oxygen atoms in total. The van der Waals surface area contributed by atoms with Crippen molar-refractivity contribution in [3.8, 4) is 0 Å². The summed E-state index contributed by atoms with van der Waals surface area (Å²) in [7, 11) is 4.20. The summed E-state index contributed by atoms with van der Waals surface area (Å²) < 4.78 is 0. The van der Waals surface area contributed by atoms with E-state index in [1.165, 1.54) is 16.8 Å². The molecule has 0 radical (unpaired) electrons. The minimum atomic E-state index is 0.472. The van der Waals surface area contributed by atoms with E-state index in [1.54, 1.807) is 0 Å². The molecule has 21 heavy (non-hydrogen) atoms. The van der Waals surface area contributed by atoms with Crippen molar-refractivity contribution in [2.75, 3.05) is 19.4 Å². The zero-order valence-corrected chi connectivity index (χ0v) is 13.3. The first-order chi connectivity index (χ1) is 10.1. The fraction of sp³-hybridized carbons (Fsp3) is 0.368. The first kappa shape index (κ1) is 15.6. The summed E-state index contributed by atoms with van der Waals surface area (Å²) in [4.78, 5) is 2.19. The quantitative estimate of drug-likeness (QED) is 0.819. The summed E-state index contributed by atoms with van der Waals surface area (Å²) in [5, 5.41) is 3.61. The van der Waals surface area contributed by atoms with Crippen LogP contribution < -0.4 is 5.32 Å². The molecule has 0 spiro atoms. The number of nitrogens with zero attached hydrogens (tertiary/aromatic N) is 1. The second-order valence-electron chi connectivity index (χ2n) is 6.01. The standard InChI is InChI=1S/C19H26N2/c1-16(12-13-17-8-5-4-6-9-17)20-19-11-7-10-18(14-19)15-21(2)3/h4-11,14,16,20H,12-13,15H2,1-3H3. The maximum Gasteiger partial charge on any atom is 0.0345 e. The van der Waals surface area contributed by atoms with E-state index in [1.807, 2.05) is 0 Å². The van der Waals surface area contributed by atoms with Gasteiger partial charge in [0.2, 0.25) is 0 Å². The smallest absolute Gasteiger partial charge is 0.0345 e. The molecule has 0 saturated heterocycles. The zero-order chi connectivity index (χ0) is 15.1. The Balaban J connectivity index is 1.86. The SMILES string of the molecule is CC(CCc1ccccc1)Nc1cccc(CN(C)C)c1. The number of rotatable bonds is 7. The largest absolute Gasteiger partial charge is 0.383 e. The van der Waals surface area contributed by atoms with Crippen molar-refractivity contribution < 1.29 is 0 Å². The minimum Gasteiger partial charge on any atom is -0.383 e. The molecule has 1 atom stereocenters. The van der Waals surface area contributed by atoms with Crippen LogP contribution in [0.1, 0.15) is 24.5 Å². The van der Waals surface area contributed by atoms with Crippen LogP contribution in [-0.4, -0.2) is 25.0 Å². The number of benzene rings is 2. The van der Waals surface area contributed by atoms with Gasteiger partial charge in [0, 0.05) is 18.3 Å². The summed E-state index contributed by atoms with van der Waals surface area (Å²) >= 11 is 0. The van der Waals surface area contributed by atoms with E-state index >= 15 is 0 Å². The van der Waals surface area contributed by atoms with Gasteiger partial charge in [-0.3, -0.25) is 0 Å². The first-order valence-electron chi connectivity index (χ1n) is 7.67. The molecule has 1 unspecified atom stereocenters. The summed E-state index contributed by atoms with van der Waals surface area (Å²) in [6.07, 6.45) is 2.26. The van der Waals surface area contributed by atoms with E-state index in [9.17, 15) is 0 Å². The number of nitrogens with one attached hydrogen (secondary N) is 1. The van der Waals surface area contributed by atoms with Crippen molar-refractivity contribution in [3.05, 3.63) is 65.7 Å². The Bertz CT molecular complexity index is 534. The second kappa shape index (κ2) is 7.84. The molecule has 0 aliphatic carbocycles. The first-order valence-corrected chi connectivity index (χ1v) is 7.67. The average molecular weight is 282 g/mol. The molecule has 2 aromatic rings. The number of anilines is 1. The van der Waals surface area contributed by atoms with Crippen LogP contribution in [-0.2, 0) is 13.0 Å². The molecule has 2 heteroatoms. The molecule has 0 heterocycles. The highest BCUT2D eigenvalue weighted by molar-refractivity contribution is 5.46. The summed E-state index contributed by atoms with van der Waals surface area (Å²) in [5.74, 6) is 0. The van der Waals surface area contributed by atoms with Crippen LogP contribution in [0.3, 0.4) is 0 Å². The third-order valence-corrected chi connectivity index (χ3v) is 3.55. The Kier molecular flexibility index (Phi) is 5.82. The van der Waals surface area contributed by atoms with Gasteiger partial charge in [0.25, 0.3) is 0 Å². The third kappa shape index (κ3) is 5.60. The molecule has 2 rings (SSSR count). The van der Waals surface area contributed by atoms with Gasteiger partial charge < -0.3 is 10.2 Å². The molecular weight excluding hydrogens is 256 g/mol. The topological polar surface area (TPSA) is 15.3 Å². The monoisotopic (exact) mass is 282 g/mol. The van der Waals surface area contributed by atoms with Crippen molar-refractivity contribution in [3.63, 3.8) is 0 Å². The lowest BCUT2D eigenvalue weighted by Gasteiger charge is -2.17. The highest BCUT2D eigenvalue weighted by atomic mass is 15.0. The lowest BCUT2D eigenvalue weighted by atomic mass is 10.1. The molecule has 0 aromatic heterocycles. The maximum absolute atomic E-state index is 3.61. The van der Waals surface area contributed by atoms with Crippen molar-refractivity contribution >= 4 is 5.69 Å². The Morgan fingerprint density at radius 2 is 1.67 bits per heavy atom. The Hall–Kier alpha value is -1.80. The molecule has 112 valence electrons. The molecule has 0 aliphatic rings. The van der Waals surface area contributed by atoms with Crippen molar-refractivity contribution in [1.82, 2.24) is 4.90 Å². The highest BCUT2D eigenvalue weighted by Gasteiger charge is 2.04. The predicted molar refractivity (Wildman–Crippen MR) is 91.7 cm³/mol. The Labute approximate surface area is 128 Å². The molecule has 0 aliphatic heterocycles. The van der Waals surface area contributed by atoms with Gasteiger partial charge in [0.05, 0.1) is 0 Å².